The van der Waals surface area contributed by atoms with Crippen molar-refractivity contribution in [1.29, 1.82) is 0 Å². The number of carbonyl (C=O) groups is 1. The minimum atomic E-state index is -0.315. The minimum Gasteiger partial charge on any atom is -0.495 e. The van der Waals surface area contributed by atoms with Crippen LogP contribution in [0.3, 0.4) is 0 Å². The van der Waals surface area contributed by atoms with E-state index in [1.54, 1.807) is 18.2 Å². The number of aromatic nitrogens is 4. The second-order valence-corrected chi connectivity index (χ2v) is 8.08. The number of carbonyl (C=O) groups excluding carboxylic acids is 1. The maximum Gasteiger partial charge on any atom is 0.278 e. The van der Waals surface area contributed by atoms with Crippen molar-refractivity contribution in [3.63, 3.8) is 0 Å². The predicted octanol–water partition coefficient (Wildman–Crippen LogP) is 2.69. The Morgan fingerprint density at radius 2 is 2.37 bits per heavy atom. The summed E-state index contributed by atoms with van der Waals surface area (Å²) in [5, 5.41) is 3.75. The molecule has 1 atom stereocenters. The number of amides is 1. The Morgan fingerprint density at radius 3 is 3.10 bits per heavy atom. The summed E-state index contributed by atoms with van der Waals surface area (Å²) in [6.07, 6.45) is 3.33. The number of aromatic amines is 1. The second kappa shape index (κ2) is 9.07. The van der Waals surface area contributed by atoms with Gasteiger partial charge in [0.25, 0.3) is 5.56 Å². The second-order valence-electron chi connectivity index (χ2n) is 6.73. The highest BCUT2D eigenvalue weighted by Crippen LogP contribution is 2.28. The lowest BCUT2D eigenvalue weighted by Gasteiger charge is -2.13. The van der Waals surface area contributed by atoms with Crippen molar-refractivity contribution in [2.75, 3.05) is 24.8 Å². The van der Waals surface area contributed by atoms with Gasteiger partial charge in [0, 0.05) is 12.3 Å². The standard InChI is InChI=1S/C19H20ClN5O4S/c1-28-14-5-4-11(7-13(14)20)23-15(26)9-30-19-24-16-17(21-10-22-18(16)27)25(19)8-12-3-2-6-29-12/h4-5,7,10,12H,2-3,6,8-9H2,1H3,(H,23,26)(H,21,22,27)/t12-/m0/s1. The van der Waals surface area contributed by atoms with Gasteiger partial charge < -0.3 is 24.3 Å². The minimum absolute atomic E-state index is 0.0399. The number of fused-ring (bicyclic) bond motifs is 1. The highest BCUT2D eigenvalue weighted by molar-refractivity contribution is 7.99. The number of ether oxygens (including phenoxy) is 2. The molecule has 9 nitrogen and oxygen atoms in total. The Bertz CT molecular complexity index is 1130. The molecule has 0 saturated carbocycles. The van der Waals surface area contributed by atoms with Gasteiger partial charge in [0.15, 0.2) is 16.3 Å². The van der Waals surface area contributed by atoms with E-state index in [0.717, 1.165) is 19.4 Å². The van der Waals surface area contributed by atoms with E-state index >= 15 is 0 Å². The summed E-state index contributed by atoms with van der Waals surface area (Å²) in [7, 11) is 1.53. The number of nitrogens with zero attached hydrogens (tertiary/aromatic N) is 3. The van der Waals surface area contributed by atoms with Gasteiger partial charge in [-0.3, -0.25) is 9.59 Å². The number of halogens is 1. The number of hydrogen-bond donors (Lipinski definition) is 2. The smallest absolute Gasteiger partial charge is 0.278 e. The summed E-state index contributed by atoms with van der Waals surface area (Å²) < 4.78 is 12.7. The predicted molar refractivity (Wildman–Crippen MR) is 114 cm³/mol. The first-order chi connectivity index (χ1) is 14.5. The number of benzene rings is 1. The quantitative estimate of drug-likeness (QED) is 0.533. The van der Waals surface area contributed by atoms with Crippen LogP contribution in [-0.4, -0.2) is 51.0 Å². The van der Waals surface area contributed by atoms with E-state index < -0.39 is 0 Å². The Balaban J connectivity index is 1.50. The number of methoxy groups -OCH3 is 1. The van der Waals surface area contributed by atoms with Gasteiger partial charge in [-0.15, -0.1) is 0 Å². The van der Waals surface area contributed by atoms with Crippen molar-refractivity contribution < 1.29 is 14.3 Å². The van der Waals surface area contributed by atoms with Gasteiger partial charge in [0.05, 0.1) is 36.9 Å². The first kappa shape index (κ1) is 20.7. The molecule has 158 valence electrons. The fourth-order valence-corrected chi connectivity index (χ4v) is 4.33. The molecule has 0 spiro atoms. The van der Waals surface area contributed by atoms with E-state index in [4.69, 9.17) is 21.1 Å². The van der Waals surface area contributed by atoms with Crippen LogP contribution in [0.1, 0.15) is 12.8 Å². The van der Waals surface area contributed by atoms with E-state index in [0.29, 0.717) is 33.8 Å². The number of imidazole rings is 1. The van der Waals surface area contributed by atoms with Crippen molar-refractivity contribution in [2.45, 2.75) is 30.6 Å². The van der Waals surface area contributed by atoms with Crippen molar-refractivity contribution in [2.24, 2.45) is 0 Å². The van der Waals surface area contributed by atoms with Crippen LogP contribution in [0.25, 0.3) is 11.2 Å². The number of thioether (sulfide) groups is 1. The topological polar surface area (TPSA) is 111 Å². The van der Waals surface area contributed by atoms with Crippen LogP contribution in [0.2, 0.25) is 5.02 Å². The molecule has 0 unspecified atom stereocenters. The molecule has 11 heteroatoms. The molecule has 3 heterocycles. The zero-order valence-electron chi connectivity index (χ0n) is 16.2. The molecule has 1 aromatic carbocycles. The third-order valence-corrected chi connectivity index (χ3v) is 5.95. The average molecular weight is 450 g/mol. The third-order valence-electron chi connectivity index (χ3n) is 4.68. The molecular formula is C19H20ClN5O4S. The Labute approximate surface area is 181 Å². The van der Waals surface area contributed by atoms with Crippen LogP contribution in [0.15, 0.2) is 34.5 Å². The lowest BCUT2D eigenvalue weighted by Crippen LogP contribution is -2.18. The normalized spacial score (nSPS) is 16.1. The van der Waals surface area contributed by atoms with Crippen molar-refractivity contribution in [3.8, 4) is 5.75 Å². The van der Waals surface area contributed by atoms with Crippen LogP contribution in [-0.2, 0) is 16.1 Å². The van der Waals surface area contributed by atoms with Gasteiger partial charge in [-0.05, 0) is 31.0 Å². The number of nitrogens with one attached hydrogen (secondary N) is 2. The van der Waals surface area contributed by atoms with Crippen LogP contribution in [0.5, 0.6) is 5.75 Å². The lowest BCUT2D eigenvalue weighted by atomic mass is 10.2. The number of anilines is 1. The number of hydrogen-bond acceptors (Lipinski definition) is 7. The maximum absolute atomic E-state index is 12.4. The Kier molecular flexibility index (Phi) is 6.26. The monoisotopic (exact) mass is 449 g/mol. The van der Waals surface area contributed by atoms with Gasteiger partial charge in [-0.25, -0.2) is 9.97 Å². The van der Waals surface area contributed by atoms with Crippen LogP contribution < -0.4 is 15.6 Å². The Hall–Kier alpha value is -2.56. The molecule has 1 saturated heterocycles. The van der Waals surface area contributed by atoms with Gasteiger partial charge in [0.2, 0.25) is 5.91 Å². The van der Waals surface area contributed by atoms with Crippen molar-refractivity contribution in [1.82, 2.24) is 19.5 Å². The fourth-order valence-electron chi connectivity index (χ4n) is 3.27. The van der Waals surface area contributed by atoms with Gasteiger partial charge >= 0.3 is 0 Å². The first-order valence-electron chi connectivity index (χ1n) is 9.37. The lowest BCUT2D eigenvalue weighted by molar-refractivity contribution is -0.113. The zero-order chi connectivity index (χ0) is 21.1. The molecule has 30 heavy (non-hydrogen) atoms. The van der Waals surface area contributed by atoms with E-state index in [9.17, 15) is 9.59 Å². The molecule has 0 radical (unpaired) electrons. The third kappa shape index (κ3) is 4.45. The molecular weight excluding hydrogens is 430 g/mol. The van der Waals surface area contributed by atoms with Crippen LogP contribution in [0.4, 0.5) is 5.69 Å². The fraction of sp³-hybridized carbons (Fsp3) is 0.368. The summed E-state index contributed by atoms with van der Waals surface area (Å²) in [4.78, 5) is 35.8. The van der Waals surface area contributed by atoms with Crippen molar-refractivity contribution >= 4 is 46.1 Å². The molecule has 0 bridgehead atoms. The molecule has 4 rings (SSSR count). The summed E-state index contributed by atoms with van der Waals surface area (Å²) in [6, 6.07) is 5.02. The first-order valence-corrected chi connectivity index (χ1v) is 10.7. The van der Waals surface area contributed by atoms with E-state index in [1.165, 1.54) is 25.2 Å². The highest BCUT2D eigenvalue weighted by Gasteiger charge is 2.22. The van der Waals surface area contributed by atoms with E-state index in [1.807, 2.05) is 4.57 Å². The summed E-state index contributed by atoms with van der Waals surface area (Å²) >= 11 is 7.34. The van der Waals surface area contributed by atoms with E-state index in [2.05, 4.69) is 20.3 Å². The van der Waals surface area contributed by atoms with Gasteiger partial charge in [-0.1, -0.05) is 23.4 Å². The average Bonchev–Trinajstić information content (AvgIpc) is 3.36. The highest BCUT2D eigenvalue weighted by atomic mass is 35.5. The van der Waals surface area contributed by atoms with Crippen molar-refractivity contribution in [3.05, 3.63) is 39.9 Å². The summed E-state index contributed by atoms with van der Waals surface area (Å²) in [5.74, 6) is 0.416. The Morgan fingerprint density at radius 1 is 1.50 bits per heavy atom. The van der Waals surface area contributed by atoms with E-state index in [-0.39, 0.29) is 28.8 Å². The van der Waals surface area contributed by atoms with Gasteiger partial charge in [-0.2, -0.15) is 0 Å². The van der Waals surface area contributed by atoms with Crippen LogP contribution in [0, 0.1) is 0 Å². The largest absolute Gasteiger partial charge is 0.495 e. The number of rotatable bonds is 7. The number of H-pyrrole nitrogens is 1. The molecule has 1 fully saturated rings. The summed E-state index contributed by atoms with van der Waals surface area (Å²) in [6.45, 7) is 1.26. The van der Waals surface area contributed by atoms with Crippen LogP contribution >= 0.6 is 23.4 Å². The SMILES string of the molecule is COc1ccc(NC(=O)CSc2nc3c(=O)[nH]cnc3n2C[C@@H]2CCCO2)cc1Cl. The molecule has 1 aliphatic rings. The molecule has 3 aromatic rings. The maximum atomic E-state index is 12.4. The molecule has 1 amide bonds. The van der Waals surface area contributed by atoms with Gasteiger partial charge in [0.1, 0.15) is 5.75 Å². The zero-order valence-corrected chi connectivity index (χ0v) is 17.8. The summed E-state index contributed by atoms with van der Waals surface area (Å²) in [5.41, 5.74) is 0.988. The molecule has 1 aliphatic heterocycles. The molecule has 2 aromatic heterocycles. The molecule has 2 N–H and O–H groups in total. The molecule has 0 aliphatic carbocycles.